The van der Waals surface area contributed by atoms with Gasteiger partial charge in [-0.1, -0.05) is 5.65 Å². The fourth-order valence-electron chi connectivity index (χ4n) is 0.802. The van der Waals surface area contributed by atoms with Gasteiger partial charge in [-0.05, 0) is 12.8 Å². The maximum Gasteiger partial charge on any atom is 0.0156 e. The van der Waals surface area contributed by atoms with Gasteiger partial charge in [-0.15, -0.1) is 4.48 Å². The molecule has 0 atom stereocenters. The highest BCUT2D eigenvalue weighted by molar-refractivity contribution is 4.58. The second kappa shape index (κ2) is 2.23. The summed E-state index contributed by atoms with van der Waals surface area (Å²) in [5.74, 6) is 0. The molecule has 3 heteroatoms. The van der Waals surface area contributed by atoms with Gasteiger partial charge in [0, 0.05) is 13.1 Å². The Morgan fingerprint density at radius 2 is 1.86 bits per heavy atom. The van der Waals surface area contributed by atoms with Crippen molar-refractivity contribution in [3.05, 3.63) is 0 Å². The van der Waals surface area contributed by atoms with Gasteiger partial charge in [-0.3, -0.25) is 0 Å². The molecule has 0 bridgehead atoms. The number of nitrogens with one attached hydrogen (secondary N) is 1. The third kappa shape index (κ3) is 1.11. The highest BCUT2D eigenvalue weighted by Gasteiger charge is 2.08. The minimum absolute atomic E-state index is 0.858. The van der Waals surface area contributed by atoms with Crippen LogP contribution >= 0.6 is 0 Å². The summed E-state index contributed by atoms with van der Waals surface area (Å²) in [6.07, 6.45) is 2.24. The first-order valence-electron chi connectivity index (χ1n) is 2.55. The Morgan fingerprint density at radius 1 is 1.29 bits per heavy atom. The van der Waals surface area contributed by atoms with E-state index in [9.17, 15) is 4.48 Å². The van der Waals surface area contributed by atoms with Crippen LogP contribution in [0.1, 0.15) is 12.8 Å². The van der Waals surface area contributed by atoms with Gasteiger partial charge >= 0.3 is 0 Å². The smallest absolute Gasteiger partial charge is 0.0156 e. The Labute approximate surface area is 42.2 Å². The molecule has 1 fully saturated rings. The second-order valence-electron chi connectivity index (χ2n) is 1.78. The van der Waals surface area contributed by atoms with Gasteiger partial charge in [0.2, 0.25) is 0 Å². The molecular formula is C4H9FN2. The summed E-state index contributed by atoms with van der Waals surface area (Å²) < 4.78 is 11.4. The van der Waals surface area contributed by atoms with Crippen molar-refractivity contribution in [2.75, 3.05) is 13.1 Å². The highest BCUT2D eigenvalue weighted by Crippen LogP contribution is 2.02. The van der Waals surface area contributed by atoms with Crippen LogP contribution in [0.25, 0.3) is 0 Å². The Hall–Kier alpha value is -0.150. The lowest BCUT2D eigenvalue weighted by molar-refractivity contribution is 0.0897. The molecule has 1 aliphatic heterocycles. The van der Waals surface area contributed by atoms with E-state index < -0.39 is 0 Å². The van der Waals surface area contributed by atoms with E-state index in [4.69, 9.17) is 0 Å². The van der Waals surface area contributed by atoms with Crippen LogP contribution in [0.15, 0.2) is 0 Å². The molecule has 42 valence electrons. The molecular weight excluding hydrogens is 95.1 g/mol. The zero-order valence-electron chi connectivity index (χ0n) is 4.15. The molecule has 1 heterocycles. The van der Waals surface area contributed by atoms with Gasteiger partial charge in [-0.25, -0.2) is 5.01 Å². The third-order valence-corrected chi connectivity index (χ3v) is 1.23. The average Bonchev–Trinajstić information content (AvgIpc) is 2.14. The first-order valence-corrected chi connectivity index (χ1v) is 2.55. The number of hydrogen-bond donors (Lipinski definition) is 1. The van der Waals surface area contributed by atoms with E-state index in [1.165, 1.54) is 0 Å². The van der Waals surface area contributed by atoms with E-state index in [1.807, 2.05) is 0 Å². The largest absolute Gasteiger partial charge is 0.217 e. The minimum Gasteiger partial charge on any atom is -0.217 e. The van der Waals surface area contributed by atoms with Crippen LogP contribution in [0, 0.1) is 0 Å². The van der Waals surface area contributed by atoms with Crippen LogP contribution in [-0.4, -0.2) is 18.1 Å². The monoisotopic (exact) mass is 104 g/mol. The van der Waals surface area contributed by atoms with Gasteiger partial charge in [0.25, 0.3) is 0 Å². The normalized spacial score (nSPS) is 23.6. The lowest BCUT2D eigenvalue weighted by Gasteiger charge is -2.06. The van der Waals surface area contributed by atoms with Crippen molar-refractivity contribution in [2.45, 2.75) is 12.8 Å². The Kier molecular flexibility index (Phi) is 1.59. The zero-order chi connectivity index (χ0) is 5.11. The van der Waals surface area contributed by atoms with Gasteiger partial charge in [0.1, 0.15) is 0 Å². The Balaban J connectivity index is 2.14. The number of hydrazine groups is 1. The average molecular weight is 104 g/mol. The molecule has 7 heavy (non-hydrogen) atoms. The van der Waals surface area contributed by atoms with Gasteiger partial charge < -0.3 is 0 Å². The van der Waals surface area contributed by atoms with Crippen molar-refractivity contribution in [1.82, 2.24) is 10.7 Å². The van der Waals surface area contributed by atoms with E-state index in [-0.39, 0.29) is 0 Å². The topological polar surface area (TPSA) is 15.3 Å². The van der Waals surface area contributed by atoms with E-state index in [1.54, 1.807) is 10.7 Å². The molecule has 1 aliphatic rings. The standard InChI is InChI=1S/C4H9FN2/c5-6-7-3-1-2-4-7/h6H,1-4H2. The van der Waals surface area contributed by atoms with E-state index in [0.717, 1.165) is 25.9 Å². The molecule has 0 aromatic rings. The summed E-state index contributed by atoms with van der Waals surface area (Å²) in [5, 5.41) is 1.57. The fourth-order valence-corrected chi connectivity index (χ4v) is 0.802. The molecule has 2 nitrogen and oxygen atoms in total. The number of hydrogen-bond acceptors (Lipinski definition) is 2. The molecule has 0 saturated carbocycles. The van der Waals surface area contributed by atoms with E-state index >= 15 is 0 Å². The number of nitrogens with zero attached hydrogens (tertiary/aromatic N) is 1. The molecule has 1 N–H and O–H groups in total. The Morgan fingerprint density at radius 3 is 2.14 bits per heavy atom. The summed E-state index contributed by atoms with van der Waals surface area (Å²) in [6.45, 7) is 1.72. The maximum atomic E-state index is 11.4. The number of rotatable bonds is 1. The lowest BCUT2D eigenvalue weighted by atomic mass is 10.4. The predicted molar refractivity (Wildman–Crippen MR) is 25.1 cm³/mol. The van der Waals surface area contributed by atoms with Crippen LogP contribution in [0.2, 0.25) is 0 Å². The summed E-state index contributed by atoms with van der Waals surface area (Å²) in [5.41, 5.74) is 1.60. The zero-order valence-corrected chi connectivity index (χ0v) is 4.15. The quantitative estimate of drug-likeness (QED) is 0.486. The van der Waals surface area contributed by atoms with Crippen molar-refractivity contribution >= 4 is 0 Å². The van der Waals surface area contributed by atoms with Gasteiger partial charge in [-0.2, -0.15) is 0 Å². The van der Waals surface area contributed by atoms with Crippen LogP contribution in [0.5, 0.6) is 0 Å². The molecule has 0 aromatic carbocycles. The van der Waals surface area contributed by atoms with Crippen LogP contribution < -0.4 is 5.65 Å². The summed E-state index contributed by atoms with van der Waals surface area (Å²) in [7, 11) is 0. The van der Waals surface area contributed by atoms with Crippen molar-refractivity contribution in [3.63, 3.8) is 0 Å². The van der Waals surface area contributed by atoms with Gasteiger partial charge in [0.15, 0.2) is 0 Å². The summed E-state index contributed by atoms with van der Waals surface area (Å²) in [4.78, 5) is 0. The molecule has 0 radical (unpaired) electrons. The van der Waals surface area contributed by atoms with Crippen molar-refractivity contribution < 1.29 is 4.48 Å². The Bertz CT molecular complexity index is 51.7. The molecule has 1 rings (SSSR count). The maximum absolute atomic E-state index is 11.4. The SMILES string of the molecule is FNN1CCCC1. The van der Waals surface area contributed by atoms with E-state index in [2.05, 4.69) is 0 Å². The van der Waals surface area contributed by atoms with Crippen LogP contribution in [0.3, 0.4) is 0 Å². The van der Waals surface area contributed by atoms with Crippen molar-refractivity contribution in [2.24, 2.45) is 0 Å². The molecule has 0 unspecified atom stereocenters. The first kappa shape index (κ1) is 5.00. The molecule has 0 aliphatic carbocycles. The lowest BCUT2D eigenvalue weighted by Crippen LogP contribution is -2.28. The summed E-state index contributed by atoms with van der Waals surface area (Å²) >= 11 is 0. The van der Waals surface area contributed by atoms with Crippen LogP contribution in [0.4, 0.5) is 4.48 Å². The van der Waals surface area contributed by atoms with Crippen LogP contribution in [-0.2, 0) is 0 Å². The first-order chi connectivity index (χ1) is 3.43. The van der Waals surface area contributed by atoms with Gasteiger partial charge in [0.05, 0.1) is 0 Å². The van der Waals surface area contributed by atoms with E-state index in [0.29, 0.717) is 0 Å². The summed E-state index contributed by atoms with van der Waals surface area (Å²) in [6, 6.07) is 0. The van der Waals surface area contributed by atoms with Crippen molar-refractivity contribution in [3.8, 4) is 0 Å². The van der Waals surface area contributed by atoms with Crippen molar-refractivity contribution in [1.29, 1.82) is 0 Å². The predicted octanol–water partition coefficient (Wildman–Crippen LogP) is 0.471. The molecule has 0 spiro atoms. The number of halogens is 1. The fraction of sp³-hybridized carbons (Fsp3) is 1.00. The highest BCUT2D eigenvalue weighted by atomic mass is 19.2. The molecule has 1 saturated heterocycles. The molecule has 0 amide bonds. The third-order valence-electron chi connectivity index (χ3n) is 1.23. The molecule has 0 aromatic heterocycles. The second-order valence-corrected chi connectivity index (χ2v) is 1.78. The minimum atomic E-state index is 0.858.